The molecule has 1 amide bonds. The molecule has 0 fully saturated rings. The van der Waals surface area contributed by atoms with Crippen molar-refractivity contribution in [2.45, 2.75) is 19.8 Å². The van der Waals surface area contributed by atoms with Crippen LogP contribution in [0, 0.1) is 0 Å². The highest BCUT2D eigenvalue weighted by Crippen LogP contribution is 2.27. The van der Waals surface area contributed by atoms with Crippen molar-refractivity contribution in [3.05, 3.63) is 88.4 Å². The largest absolute Gasteiger partial charge is 0.493 e. The monoisotopic (exact) mass is 453 g/mol. The Morgan fingerprint density at radius 2 is 1.76 bits per heavy atom. The Morgan fingerprint density at radius 1 is 0.931 bits per heavy atom. The second-order valence-electron chi connectivity index (χ2n) is 6.56. The zero-order chi connectivity index (χ0) is 20.5. The first-order valence-corrected chi connectivity index (χ1v) is 10.5. The van der Waals surface area contributed by atoms with Gasteiger partial charge in [0.15, 0.2) is 0 Å². The van der Waals surface area contributed by atoms with Crippen molar-refractivity contribution in [2.24, 2.45) is 0 Å². The zero-order valence-corrected chi connectivity index (χ0v) is 17.9. The standard InChI is InChI=1S/C24H24BrNO3/c1-2-14-29-23-12-11-19(16-22(23)25)24(27)26-20-9-6-10-21(17-20)28-15-13-18-7-4-3-5-8-18/h3-12,16-17H,2,13-15H2,1H3,(H,26,27). The van der Waals surface area contributed by atoms with Crippen molar-refractivity contribution in [1.82, 2.24) is 0 Å². The van der Waals surface area contributed by atoms with Gasteiger partial charge in [0.05, 0.1) is 17.7 Å². The quantitative estimate of drug-likeness (QED) is 0.424. The average molecular weight is 454 g/mol. The van der Waals surface area contributed by atoms with E-state index in [9.17, 15) is 4.79 Å². The van der Waals surface area contributed by atoms with Crippen molar-refractivity contribution in [3.63, 3.8) is 0 Å². The minimum Gasteiger partial charge on any atom is -0.493 e. The number of carbonyl (C=O) groups excluding carboxylic acids is 1. The van der Waals surface area contributed by atoms with Crippen LogP contribution >= 0.6 is 15.9 Å². The summed E-state index contributed by atoms with van der Waals surface area (Å²) in [5.41, 5.74) is 2.47. The maximum Gasteiger partial charge on any atom is 0.255 e. The van der Waals surface area contributed by atoms with Crippen LogP contribution in [-0.2, 0) is 6.42 Å². The van der Waals surface area contributed by atoms with Gasteiger partial charge in [-0.15, -0.1) is 0 Å². The molecule has 0 atom stereocenters. The number of hydrogen-bond acceptors (Lipinski definition) is 3. The van der Waals surface area contributed by atoms with E-state index in [1.54, 1.807) is 18.2 Å². The van der Waals surface area contributed by atoms with Crippen LogP contribution in [0.1, 0.15) is 29.3 Å². The highest BCUT2D eigenvalue weighted by molar-refractivity contribution is 9.10. The molecular formula is C24H24BrNO3. The van der Waals surface area contributed by atoms with Crippen LogP contribution in [0.4, 0.5) is 5.69 Å². The fraction of sp³-hybridized carbons (Fsp3) is 0.208. The van der Waals surface area contributed by atoms with E-state index >= 15 is 0 Å². The minimum absolute atomic E-state index is 0.186. The number of rotatable bonds is 9. The third-order valence-electron chi connectivity index (χ3n) is 4.25. The Morgan fingerprint density at radius 3 is 2.52 bits per heavy atom. The van der Waals surface area contributed by atoms with E-state index in [1.165, 1.54) is 5.56 Å². The predicted molar refractivity (Wildman–Crippen MR) is 120 cm³/mol. The summed E-state index contributed by atoms with van der Waals surface area (Å²) in [6.45, 7) is 3.27. The lowest BCUT2D eigenvalue weighted by Gasteiger charge is -2.11. The van der Waals surface area contributed by atoms with Crippen LogP contribution in [-0.4, -0.2) is 19.1 Å². The normalized spacial score (nSPS) is 10.4. The molecule has 0 spiro atoms. The average Bonchev–Trinajstić information content (AvgIpc) is 2.74. The molecule has 0 aliphatic heterocycles. The van der Waals surface area contributed by atoms with Crippen molar-refractivity contribution < 1.29 is 14.3 Å². The van der Waals surface area contributed by atoms with Gasteiger partial charge < -0.3 is 14.8 Å². The number of anilines is 1. The molecule has 3 rings (SSSR count). The van der Waals surface area contributed by atoms with Crippen LogP contribution < -0.4 is 14.8 Å². The topological polar surface area (TPSA) is 47.6 Å². The lowest BCUT2D eigenvalue weighted by atomic mass is 10.2. The lowest BCUT2D eigenvalue weighted by Crippen LogP contribution is -2.12. The molecule has 0 bridgehead atoms. The van der Waals surface area contributed by atoms with Gasteiger partial charge in [-0.05, 0) is 58.2 Å². The van der Waals surface area contributed by atoms with Crippen LogP contribution in [0.15, 0.2) is 77.3 Å². The van der Waals surface area contributed by atoms with E-state index in [1.807, 2.05) is 42.5 Å². The molecule has 0 aliphatic carbocycles. The van der Waals surface area contributed by atoms with Gasteiger partial charge >= 0.3 is 0 Å². The van der Waals surface area contributed by atoms with Crippen LogP contribution in [0.25, 0.3) is 0 Å². The maximum absolute atomic E-state index is 12.6. The van der Waals surface area contributed by atoms with Crippen LogP contribution in [0.3, 0.4) is 0 Å². The molecule has 0 radical (unpaired) electrons. The molecule has 150 valence electrons. The van der Waals surface area contributed by atoms with Gasteiger partial charge in [0.1, 0.15) is 11.5 Å². The number of carbonyl (C=O) groups is 1. The number of ether oxygens (including phenoxy) is 2. The van der Waals surface area contributed by atoms with Gasteiger partial charge in [-0.3, -0.25) is 4.79 Å². The SMILES string of the molecule is CCCOc1ccc(C(=O)Nc2cccc(OCCc3ccccc3)c2)cc1Br. The van der Waals surface area contributed by atoms with Crippen LogP contribution in [0.2, 0.25) is 0 Å². The maximum atomic E-state index is 12.6. The van der Waals surface area contributed by atoms with Gasteiger partial charge in [-0.25, -0.2) is 0 Å². The zero-order valence-electron chi connectivity index (χ0n) is 16.4. The molecule has 0 aliphatic rings. The van der Waals surface area contributed by atoms with E-state index in [0.717, 1.165) is 28.8 Å². The first-order chi connectivity index (χ1) is 14.2. The summed E-state index contributed by atoms with van der Waals surface area (Å²) in [6.07, 6.45) is 1.76. The molecule has 0 unspecified atom stereocenters. The van der Waals surface area contributed by atoms with E-state index in [4.69, 9.17) is 9.47 Å². The number of nitrogens with one attached hydrogen (secondary N) is 1. The summed E-state index contributed by atoms with van der Waals surface area (Å²) < 4.78 is 12.2. The molecule has 3 aromatic rings. The molecule has 3 aromatic carbocycles. The van der Waals surface area contributed by atoms with Gasteiger partial charge in [-0.1, -0.05) is 43.3 Å². The summed E-state index contributed by atoms with van der Waals surface area (Å²) in [7, 11) is 0. The van der Waals surface area contributed by atoms with Crippen molar-refractivity contribution in [3.8, 4) is 11.5 Å². The highest BCUT2D eigenvalue weighted by Gasteiger charge is 2.10. The predicted octanol–water partition coefficient (Wildman–Crippen LogP) is 6.11. The summed E-state index contributed by atoms with van der Waals surface area (Å²) in [6, 6.07) is 22.9. The van der Waals surface area contributed by atoms with E-state index in [2.05, 4.69) is 40.3 Å². The lowest BCUT2D eigenvalue weighted by molar-refractivity contribution is 0.102. The Labute approximate surface area is 180 Å². The summed E-state index contributed by atoms with van der Waals surface area (Å²) in [5.74, 6) is 1.27. The van der Waals surface area contributed by atoms with E-state index in [0.29, 0.717) is 24.5 Å². The molecule has 29 heavy (non-hydrogen) atoms. The molecule has 0 aromatic heterocycles. The minimum atomic E-state index is -0.186. The Balaban J connectivity index is 1.58. The summed E-state index contributed by atoms with van der Waals surface area (Å²) in [4.78, 5) is 12.6. The molecule has 0 saturated heterocycles. The second kappa shape index (κ2) is 10.7. The Bertz CT molecular complexity index is 944. The fourth-order valence-corrected chi connectivity index (χ4v) is 3.26. The summed E-state index contributed by atoms with van der Waals surface area (Å²) >= 11 is 3.47. The number of benzene rings is 3. The smallest absolute Gasteiger partial charge is 0.255 e. The van der Waals surface area contributed by atoms with Crippen LogP contribution in [0.5, 0.6) is 11.5 Å². The van der Waals surface area contributed by atoms with E-state index < -0.39 is 0 Å². The highest BCUT2D eigenvalue weighted by atomic mass is 79.9. The first-order valence-electron chi connectivity index (χ1n) is 9.66. The van der Waals surface area contributed by atoms with Crippen molar-refractivity contribution >= 4 is 27.5 Å². The molecule has 4 nitrogen and oxygen atoms in total. The third kappa shape index (κ3) is 6.36. The Hall–Kier alpha value is -2.79. The second-order valence-corrected chi connectivity index (χ2v) is 7.41. The van der Waals surface area contributed by atoms with Crippen molar-refractivity contribution in [1.29, 1.82) is 0 Å². The molecule has 5 heteroatoms. The summed E-state index contributed by atoms with van der Waals surface area (Å²) in [5, 5.41) is 2.92. The number of halogens is 1. The van der Waals surface area contributed by atoms with Crippen molar-refractivity contribution in [2.75, 3.05) is 18.5 Å². The molecular weight excluding hydrogens is 430 g/mol. The first kappa shape index (κ1) is 20.9. The fourth-order valence-electron chi connectivity index (χ4n) is 2.77. The number of amides is 1. The molecule has 0 saturated carbocycles. The van der Waals surface area contributed by atoms with Gasteiger partial charge in [0, 0.05) is 23.7 Å². The number of hydrogen-bond donors (Lipinski definition) is 1. The van der Waals surface area contributed by atoms with Gasteiger partial charge in [0.25, 0.3) is 5.91 Å². The Kier molecular flexibility index (Phi) is 7.70. The molecule has 0 heterocycles. The van der Waals surface area contributed by atoms with E-state index in [-0.39, 0.29) is 5.91 Å². The van der Waals surface area contributed by atoms with Gasteiger partial charge in [-0.2, -0.15) is 0 Å². The van der Waals surface area contributed by atoms with Gasteiger partial charge in [0.2, 0.25) is 0 Å². The molecule has 1 N–H and O–H groups in total. The third-order valence-corrected chi connectivity index (χ3v) is 4.87.